The third-order valence-corrected chi connectivity index (χ3v) is 6.39. The molecule has 1 aliphatic heterocycles. The molecule has 1 spiro atoms. The molecule has 0 aromatic heterocycles. The second kappa shape index (κ2) is 5.61. The highest BCUT2D eigenvalue weighted by Crippen LogP contribution is 2.41. The average Bonchev–Trinajstić information content (AvgIpc) is 2.99. The summed E-state index contributed by atoms with van der Waals surface area (Å²) in [6.45, 7) is 11.2. The van der Waals surface area contributed by atoms with E-state index in [0.29, 0.717) is 11.0 Å². The molecule has 3 fully saturated rings. The van der Waals surface area contributed by atoms with Crippen LogP contribution in [0.3, 0.4) is 0 Å². The van der Waals surface area contributed by atoms with E-state index in [0.717, 1.165) is 12.0 Å². The van der Waals surface area contributed by atoms with Gasteiger partial charge in [-0.3, -0.25) is 4.90 Å². The molecule has 0 radical (unpaired) electrons. The normalized spacial score (nSPS) is 33.3. The van der Waals surface area contributed by atoms with E-state index in [1.54, 1.807) is 0 Å². The van der Waals surface area contributed by atoms with Crippen molar-refractivity contribution in [2.75, 3.05) is 19.6 Å². The molecular formula is C18H34N2. The van der Waals surface area contributed by atoms with Gasteiger partial charge in [0.25, 0.3) is 0 Å². The predicted octanol–water partition coefficient (Wildman–Crippen LogP) is 3.81. The fourth-order valence-electron chi connectivity index (χ4n) is 5.11. The Balaban J connectivity index is 1.71. The van der Waals surface area contributed by atoms with E-state index in [1.807, 2.05) is 0 Å². The zero-order valence-electron chi connectivity index (χ0n) is 13.9. The van der Waals surface area contributed by atoms with Gasteiger partial charge in [0.1, 0.15) is 0 Å². The molecule has 116 valence electrons. The lowest BCUT2D eigenvalue weighted by atomic mass is 9.83. The highest BCUT2D eigenvalue weighted by Gasteiger charge is 2.43. The maximum Gasteiger partial charge on any atom is 0.0309 e. The summed E-state index contributed by atoms with van der Waals surface area (Å²) in [5.41, 5.74) is 1.07. The first-order chi connectivity index (χ1) is 9.52. The second-order valence-electron chi connectivity index (χ2n) is 8.60. The van der Waals surface area contributed by atoms with Crippen LogP contribution in [-0.2, 0) is 0 Å². The zero-order chi connectivity index (χ0) is 14.2. The fraction of sp³-hybridized carbons (Fsp3) is 1.00. The Hall–Kier alpha value is -0.0800. The molecule has 1 saturated heterocycles. The summed E-state index contributed by atoms with van der Waals surface area (Å²) in [6.07, 6.45) is 11.5. The summed E-state index contributed by atoms with van der Waals surface area (Å²) in [5.74, 6) is 0.770. The topological polar surface area (TPSA) is 15.3 Å². The van der Waals surface area contributed by atoms with Gasteiger partial charge in [-0.15, -0.1) is 0 Å². The lowest BCUT2D eigenvalue weighted by Crippen LogP contribution is -2.65. The van der Waals surface area contributed by atoms with Gasteiger partial charge < -0.3 is 5.32 Å². The molecule has 0 aromatic rings. The molecule has 1 N–H and O–H groups in total. The van der Waals surface area contributed by atoms with Crippen molar-refractivity contribution < 1.29 is 0 Å². The molecule has 1 heterocycles. The summed E-state index contributed by atoms with van der Waals surface area (Å²) >= 11 is 0. The van der Waals surface area contributed by atoms with Crippen molar-refractivity contribution >= 4 is 0 Å². The van der Waals surface area contributed by atoms with Crippen molar-refractivity contribution in [3.63, 3.8) is 0 Å². The Labute approximate surface area is 125 Å². The molecule has 1 unspecified atom stereocenters. The molecule has 0 amide bonds. The Morgan fingerprint density at radius 3 is 2.25 bits per heavy atom. The monoisotopic (exact) mass is 278 g/mol. The van der Waals surface area contributed by atoms with E-state index < -0.39 is 0 Å². The van der Waals surface area contributed by atoms with Crippen LogP contribution in [0.5, 0.6) is 0 Å². The highest BCUT2D eigenvalue weighted by molar-refractivity contribution is 5.02. The van der Waals surface area contributed by atoms with Gasteiger partial charge in [0.05, 0.1) is 0 Å². The van der Waals surface area contributed by atoms with Gasteiger partial charge in [-0.05, 0) is 37.0 Å². The lowest BCUT2D eigenvalue weighted by Gasteiger charge is -2.50. The van der Waals surface area contributed by atoms with Crippen molar-refractivity contribution in [3.8, 4) is 0 Å². The van der Waals surface area contributed by atoms with Crippen LogP contribution in [0.25, 0.3) is 0 Å². The number of hydrogen-bond donors (Lipinski definition) is 1. The smallest absolute Gasteiger partial charge is 0.0309 e. The quantitative estimate of drug-likeness (QED) is 0.844. The molecule has 0 aromatic carbocycles. The van der Waals surface area contributed by atoms with E-state index in [-0.39, 0.29) is 0 Å². The number of nitrogens with zero attached hydrogens (tertiary/aromatic N) is 1. The van der Waals surface area contributed by atoms with E-state index in [4.69, 9.17) is 0 Å². The molecule has 1 atom stereocenters. The minimum atomic E-state index is 0.473. The molecular weight excluding hydrogens is 244 g/mol. The maximum atomic E-state index is 3.95. The summed E-state index contributed by atoms with van der Waals surface area (Å²) in [7, 11) is 0. The first kappa shape index (κ1) is 14.8. The Kier molecular flexibility index (Phi) is 4.16. The minimum Gasteiger partial charge on any atom is -0.308 e. The van der Waals surface area contributed by atoms with E-state index in [2.05, 4.69) is 31.0 Å². The standard InChI is InChI=1S/C18H34N2/c1-15(2)16-12-19-18(10-6-7-11-18)14-20(16)13-17(3)8-4-5-9-17/h15-16,19H,4-14H2,1-3H3. The molecule has 2 saturated carbocycles. The van der Waals surface area contributed by atoms with Gasteiger partial charge in [-0.2, -0.15) is 0 Å². The van der Waals surface area contributed by atoms with Crippen LogP contribution in [0.4, 0.5) is 0 Å². The van der Waals surface area contributed by atoms with Crippen molar-refractivity contribution in [2.45, 2.75) is 83.7 Å². The minimum absolute atomic E-state index is 0.473. The third kappa shape index (κ3) is 2.92. The van der Waals surface area contributed by atoms with Gasteiger partial charge in [-0.1, -0.05) is 46.5 Å². The number of hydrogen-bond acceptors (Lipinski definition) is 2. The van der Waals surface area contributed by atoms with Crippen molar-refractivity contribution in [1.82, 2.24) is 10.2 Å². The van der Waals surface area contributed by atoms with Crippen molar-refractivity contribution in [1.29, 1.82) is 0 Å². The van der Waals surface area contributed by atoms with Crippen molar-refractivity contribution in [2.24, 2.45) is 11.3 Å². The lowest BCUT2D eigenvalue weighted by molar-refractivity contribution is 0.0256. The molecule has 20 heavy (non-hydrogen) atoms. The molecule has 3 aliphatic rings. The maximum absolute atomic E-state index is 3.95. The summed E-state index contributed by atoms with van der Waals surface area (Å²) < 4.78 is 0. The van der Waals surface area contributed by atoms with Gasteiger partial charge in [0.15, 0.2) is 0 Å². The van der Waals surface area contributed by atoms with Crippen LogP contribution in [0.1, 0.15) is 72.1 Å². The number of nitrogens with one attached hydrogen (secondary N) is 1. The van der Waals surface area contributed by atoms with E-state index in [1.165, 1.54) is 71.0 Å². The largest absolute Gasteiger partial charge is 0.308 e. The number of piperazine rings is 1. The van der Waals surface area contributed by atoms with Gasteiger partial charge in [0, 0.05) is 31.2 Å². The Morgan fingerprint density at radius 1 is 1.05 bits per heavy atom. The average molecular weight is 278 g/mol. The zero-order valence-corrected chi connectivity index (χ0v) is 13.9. The predicted molar refractivity (Wildman–Crippen MR) is 86.0 cm³/mol. The summed E-state index contributed by atoms with van der Waals surface area (Å²) in [5, 5.41) is 3.95. The molecule has 3 rings (SSSR count). The third-order valence-electron chi connectivity index (χ3n) is 6.39. The van der Waals surface area contributed by atoms with Crippen LogP contribution in [0.15, 0.2) is 0 Å². The first-order valence-electron chi connectivity index (χ1n) is 9.01. The molecule has 2 aliphatic carbocycles. The van der Waals surface area contributed by atoms with Gasteiger partial charge >= 0.3 is 0 Å². The van der Waals surface area contributed by atoms with Crippen LogP contribution < -0.4 is 5.32 Å². The summed E-state index contributed by atoms with van der Waals surface area (Å²) in [4.78, 5) is 2.89. The number of rotatable bonds is 3. The Morgan fingerprint density at radius 2 is 1.65 bits per heavy atom. The van der Waals surface area contributed by atoms with Crippen LogP contribution in [0, 0.1) is 11.3 Å². The molecule has 2 nitrogen and oxygen atoms in total. The van der Waals surface area contributed by atoms with Crippen LogP contribution in [-0.4, -0.2) is 36.1 Å². The SMILES string of the molecule is CC(C)C1CNC2(CCCC2)CN1CC1(C)CCCC1. The highest BCUT2D eigenvalue weighted by atomic mass is 15.3. The van der Waals surface area contributed by atoms with Gasteiger partial charge in [0.2, 0.25) is 0 Å². The fourth-order valence-corrected chi connectivity index (χ4v) is 5.11. The van der Waals surface area contributed by atoms with Crippen LogP contribution in [0.2, 0.25) is 0 Å². The van der Waals surface area contributed by atoms with Crippen LogP contribution >= 0.6 is 0 Å². The van der Waals surface area contributed by atoms with Crippen molar-refractivity contribution in [3.05, 3.63) is 0 Å². The van der Waals surface area contributed by atoms with E-state index >= 15 is 0 Å². The van der Waals surface area contributed by atoms with Gasteiger partial charge in [-0.25, -0.2) is 0 Å². The first-order valence-corrected chi connectivity index (χ1v) is 9.01. The Bertz CT molecular complexity index is 322. The molecule has 0 bridgehead atoms. The summed E-state index contributed by atoms with van der Waals surface area (Å²) in [6, 6.07) is 0.749. The van der Waals surface area contributed by atoms with E-state index in [9.17, 15) is 0 Å². The molecule has 2 heteroatoms. The second-order valence-corrected chi connectivity index (χ2v) is 8.60.